The van der Waals surface area contributed by atoms with E-state index in [-0.39, 0.29) is 0 Å². The van der Waals surface area contributed by atoms with Crippen LogP contribution in [0.4, 0.5) is 0 Å². The minimum atomic E-state index is -0.806. The highest BCUT2D eigenvalue weighted by atomic mass is 35.5. The summed E-state index contributed by atoms with van der Waals surface area (Å²) >= 11 is 7.15. The van der Waals surface area contributed by atoms with Gasteiger partial charge in [-0.05, 0) is 19.4 Å². The lowest BCUT2D eigenvalue weighted by Gasteiger charge is -2.22. The number of rotatable bonds is 4. The summed E-state index contributed by atoms with van der Waals surface area (Å²) in [5, 5.41) is 3.41. The molecule has 0 radical (unpaired) electrons. The molecule has 0 spiro atoms. The van der Waals surface area contributed by atoms with E-state index in [1.54, 1.807) is 6.20 Å². The lowest BCUT2D eigenvalue weighted by Crippen LogP contribution is -2.38. The summed E-state index contributed by atoms with van der Waals surface area (Å²) in [6.45, 7) is 1.06. The fourth-order valence-electron chi connectivity index (χ4n) is 1.86. The average Bonchev–Trinajstić information content (AvgIpc) is 2.65. The van der Waals surface area contributed by atoms with E-state index in [4.69, 9.17) is 11.6 Å². The molecule has 0 amide bonds. The van der Waals surface area contributed by atoms with Gasteiger partial charge in [0.05, 0.1) is 5.75 Å². The summed E-state index contributed by atoms with van der Waals surface area (Å²) in [4.78, 5) is 4.96. The first-order valence-electron chi connectivity index (χ1n) is 5.42. The molecule has 0 saturated carbocycles. The Balaban J connectivity index is 1.79. The van der Waals surface area contributed by atoms with Crippen LogP contribution < -0.4 is 5.32 Å². The van der Waals surface area contributed by atoms with Crippen LogP contribution >= 0.6 is 22.9 Å². The zero-order valence-electron chi connectivity index (χ0n) is 8.95. The second-order valence-electron chi connectivity index (χ2n) is 3.98. The predicted molar refractivity (Wildman–Crippen MR) is 69.5 cm³/mol. The number of aromatic nitrogens is 1. The Kier molecular flexibility index (Phi) is 4.76. The topological polar surface area (TPSA) is 42.0 Å². The molecule has 1 aliphatic heterocycles. The molecular formula is C10H15ClN2OS2. The van der Waals surface area contributed by atoms with Crippen LogP contribution in [0.2, 0.25) is 4.47 Å². The monoisotopic (exact) mass is 278 g/mol. The largest absolute Gasteiger partial charge is 0.313 e. The van der Waals surface area contributed by atoms with E-state index in [0.29, 0.717) is 16.3 Å². The van der Waals surface area contributed by atoms with Crippen LogP contribution in [0, 0.1) is 0 Å². The predicted octanol–water partition coefficient (Wildman–Crippen LogP) is 2.19. The Morgan fingerprint density at radius 3 is 3.12 bits per heavy atom. The van der Waals surface area contributed by atoms with Crippen molar-refractivity contribution in [1.29, 1.82) is 0 Å². The molecule has 1 aromatic heterocycles. The van der Waals surface area contributed by atoms with Crippen LogP contribution in [0.1, 0.15) is 24.1 Å². The molecule has 2 rings (SSSR count). The molecule has 2 atom stereocenters. The van der Waals surface area contributed by atoms with Gasteiger partial charge in [0.25, 0.3) is 0 Å². The van der Waals surface area contributed by atoms with Gasteiger partial charge in [-0.3, -0.25) is 4.21 Å². The minimum Gasteiger partial charge on any atom is -0.313 e. The van der Waals surface area contributed by atoms with Gasteiger partial charge in [-0.2, -0.15) is 0 Å². The number of nitrogens with zero attached hydrogens (tertiary/aromatic N) is 1. The van der Waals surface area contributed by atoms with Gasteiger partial charge in [-0.25, -0.2) is 4.98 Å². The molecule has 1 N–H and O–H groups in total. The molecule has 3 nitrogen and oxygen atoms in total. The average molecular weight is 279 g/mol. The smallest absolute Gasteiger partial charge is 0.183 e. The summed E-state index contributed by atoms with van der Waals surface area (Å²) in [6.07, 6.45) is 5.36. The third-order valence-electron chi connectivity index (χ3n) is 2.63. The normalized spacial score (nSPS) is 23.2. The van der Waals surface area contributed by atoms with Crippen LogP contribution in [0.3, 0.4) is 0 Å². The first-order valence-corrected chi connectivity index (χ1v) is 8.11. The summed E-state index contributed by atoms with van der Waals surface area (Å²) in [5.41, 5.74) is 0. The molecule has 0 bridgehead atoms. The maximum absolute atomic E-state index is 11.9. The zero-order chi connectivity index (χ0) is 11.4. The maximum atomic E-state index is 11.9. The first kappa shape index (κ1) is 12.5. The number of hydrogen-bond donors (Lipinski definition) is 1. The SMILES string of the molecule is O=[S@](Cc1cnc(Cl)s1)C[C@H]1CCCCN1. The quantitative estimate of drug-likeness (QED) is 0.918. The molecule has 1 saturated heterocycles. The van der Waals surface area contributed by atoms with Gasteiger partial charge >= 0.3 is 0 Å². The fourth-order valence-corrected chi connectivity index (χ4v) is 4.50. The number of nitrogens with one attached hydrogen (secondary N) is 1. The number of hydrogen-bond acceptors (Lipinski definition) is 4. The first-order chi connectivity index (χ1) is 7.74. The summed E-state index contributed by atoms with van der Waals surface area (Å²) in [5.74, 6) is 1.33. The van der Waals surface area contributed by atoms with Crippen molar-refractivity contribution in [2.75, 3.05) is 12.3 Å². The van der Waals surface area contributed by atoms with Crippen LogP contribution in [-0.2, 0) is 16.6 Å². The molecule has 1 aliphatic rings. The van der Waals surface area contributed by atoms with E-state index >= 15 is 0 Å². The molecule has 0 unspecified atom stereocenters. The highest BCUT2D eigenvalue weighted by molar-refractivity contribution is 7.84. The van der Waals surface area contributed by atoms with Gasteiger partial charge in [0, 0.05) is 33.7 Å². The Morgan fingerprint density at radius 1 is 1.62 bits per heavy atom. The van der Waals surface area contributed by atoms with E-state index in [0.717, 1.165) is 23.6 Å². The second-order valence-corrected chi connectivity index (χ2v) is 7.18. The number of thiazole rings is 1. The Bertz CT molecular complexity index is 363. The standard InChI is InChI=1S/C10H15ClN2OS2/c11-10-13-5-9(15-10)7-16(14)6-8-3-1-2-4-12-8/h5,8,12H,1-4,6-7H2/t8-,16+/m1/s1. The molecule has 0 aromatic carbocycles. The van der Waals surface area contributed by atoms with E-state index in [1.165, 1.54) is 24.2 Å². The van der Waals surface area contributed by atoms with Crippen molar-refractivity contribution in [3.63, 3.8) is 0 Å². The minimum absolute atomic E-state index is 0.429. The third-order valence-corrected chi connectivity index (χ3v) is 5.33. The number of piperidine rings is 1. The molecule has 0 aliphatic carbocycles. The molecule has 1 fully saturated rings. The van der Waals surface area contributed by atoms with Crippen LogP contribution in [0.25, 0.3) is 0 Å². The molecule has 16 heavy (non-hydrogen) atoms. The zero-order valence-corrected chi connectivity index (χ0v) is 11.3. The summed E-state index contributed by atoms with van der Waals surface area (Å²) < 4.78 is 12.4. The maximum Gasteiger partial charge on any atom is 0.183 e. The molecule has 90 valence electrons. The molecule has 1 aromatic rings. The van der Waals surface area contributed by atoms with Crippen molar-refractivity contribution >= 4 is 33.7 Å². The van der Waals surface area contributed by atoms with Crippen LogP contribution in [0.15, 0.2) is 6.20 Å². The van der Waals surface area contributed by atoms with Gasteiger partial charge in [0.1, 0.15) is 0 Å². The number of halogens is 1. The van der Waals surface area contributed by atoms with Gasteiger partial charge < -0.3 is 5.32 Å². The van der Waals surface area contributed by atoms with Crippen molar-refractivity contribution in [2.24, 2.45) is 0 Å². The van der Waals surface area contributed by atoms with E-state index < -0.39 is 10.8 Å². The van der Waals surface area contributed by atoms with Crippen LogP contribution in [0.5, 0.6) is 0 Å². The van der Waals surface area contributed by atoms with E-state index in [2.05, 4.69) is 10.3 Å². The lowest BCUT2D eigenvalue weighted by atomic mass is 10.1. The van der Waals surface area contributed by atoms with Crippen molar-refractivity contribution in [3.05, 3.63) is 15.5 Å². The van der Waals surface area contributed by atoms with Gasteiger partial charge in [-0.1, -0.05) is 18.0 Å². The highest BCUT2D eigenvalue weighted by Gasteiger charge is 2.16. The lowest BCUT2D eigenvalue weighted by molar-refractivity contribution is 0.427. The van der Waals surface area contributed by atoms with Crippen molar-refractivity contribution in [3.8, 4) is 0 Å². The van der Waals surface area contributed by atoms with E-state index in [1.807, 2.05) is 0 Å². The van der Waals surface area contributed by atoms with Gasteiger partial charge in [0.2, 0.25) is 0 Å². The molecule has 2 heterocycles. The van der Waals surface area contributed by atoms with Gasteiger partial charge in [-0.15, -0.1) is 11.3 Å². The fraction of sp³-hybridized carbons (Fsp3) is 0.700. The third kappa shape index (κ3) is 3.80. The van der Waals surface area contributed by atoms with Crippen LogP contribution in [-0.4, -0.2) is 27.5 Å². The Morgan fingerprint density at radius 2 is 2.50 bits per heavy atom. The van der Waals surface area contributed by atoms with Crippen molar-refractivity contribution < 1.29 is 4.21 Å². The van der Waals surface area contributed by atoms with Crippen molar-refractivity contribution in [1.82, 2.24) is 10.3 Å². The van der Waals surface area contributed by atoms with E-state index in [9.17, 15) is 4.21 Å². The molecule has 6 heteroatoms. The van der Waals surface area contributed by atoms with Gasteiger partial charge in [0.15, 0.2) is 4.47 Å². The summed E-state index contributed by atoms with van der Waals surface area (Å²) in [6, 6.07) is 0.429. The summed E-state index contributed by atoms with van der Waals surface area (Å²) in [7, 11) is -0.806. The molecular weight excluding hydrogens is 264 g/mol. The Hall–Kier alpha value is 0.0300. The Labute approximate surface area is 107 Å². The highest BCUT2D eigenvalue weighted by Crippen LogP contribution is 2.19. The van der Waals surface area contributed by atoms with Crippen molar-refractivity contribution in [2.45, 2.75) is 31.1 Å². The second kappa shape index (κ2) is 6.10.